The van der Waals surface area contributed by atoms with Crippen molar-refractivity contribution in [2.75, 3.05) is 0 Å². The van der Waals surface area contributed by atoms with Crippen LogP contribution in [0.15, 0.2) is 42.9 Å². The van der Waals surface area contributed by atoms with Gasteiger partial charge in [-0.25, -0.2) is 9.97 Å². The summed E-state index contributed by atoms with van der Waals surface area (Å²) in [4.78, 5) is 20.5. The van der Waals surface area contributed by atoms with Crippen molar-refractivity contribution in [1.82, 2.24) is 15.3 Å². The third-order valence-electron chi connectivity index (χ3n) is 4.48. The molecule has 2 atom stereocenters. The number of carbonyl (C=O) groups excluding carboxylic acids is 1. The van der Waals surface area contributed by atoms with Crippen LogP contribution < -0.4 is 5.32 Å². The summed E-state index contributed by atoms with van der Waals surface area (Å²) < 4.78 is 6.10. The maximum absolute atomic E-state index is 12.5. The standard InChI is InChI=1S/C19H23N3O2/c1-14-16(11-20-13-21-14)19(23)22-17-9-5-6-10-18(17)24-12-15-7-3-2-4-8-15/h2-4,7-8,11,13,17-18H,5-6,9-10,12H2,1H3,(H,22,23)/t17-,18-/m0/s1. The van der Waals surface area contributed by atoms with Crippen LogP contribution in [0.1, 0.15) is 47.3 Å². The summed E-state index contributed by atoms with van der Waals surface area (Å²) in [5.41, 5.74) is 2.38. The lowest BCUT2D eigenvalue weighted by atomic mass is 9.92. The third kappa shape index (κ3) is 4.17. The summed E-state index contributed by atoms with van der Waals surface area (Å²) in [5.74, 6) is -0.117. The average Bonchev–Trinajstić information content (AvgIpc) is 2.62. The SMILES string of the molecule is Cc1ncncc1C(=O)N[C@H]1CCCC[C@@H]1OCc1ccccc1. The van der Waals surface area contributed by atoms with E-state index in [1.54, 1.807) is 6.20 Å². The first kappa shape index (κ1) is 16.6. The summed E-state index contributed by atoms with van der Waals surface area (Å²) >= 11 is 0. The van der Waals surface area contributed by atoms with Crippen LogP contribution in [0.4, 0.5) is 0 Å². The second-order valence-corrected chi connectivity index (χ2v) is 6.22. The molecule has 24 heavy (non-hydrogen) atoms. The van der Waals surface area contributed by atoms with Gasteiger partial charge in [-0.2, -0.15) is 0 Å². The summed E-state index contributed by atoms with van der Waals surface area (Å²) in [6, 6.07) is 10.2. The van der Waals surface area contributed by atoms with E-state index in [-0.39, 0.29) is 18.1 Å². The minimum atomic E-state index is -0.117. The topological polar surface area (TPSA) is 64.1 Å². The molecule has 0 unspecified atom stereocenters. The molecule has 1 aromatic carbocycles. The molecule has 0 radical (unpaired) electrons. The number of amides is 1. The molecule has 1 fully saturated rings. The molecule has 1 aliphatic carbocycles. The van der Waals surface area contributed by atoms with E-state index in [1.807, 2.05) is 25.1 Å². The van der Waals surface area contributed by atoms with Crippen molar-refractivity contribution in [3.63, 3.8) is 0 Å². The predicted octanol–water partition coefficient (Wildman–Crippen LogP) is 3.04. The first-order chi connectivity index (χ1) is 11.7. The molecule has 0 spiro atoms. The highest BCUT2D eigenvalue weighted by molar-refractivity contribution is 5.95. The Bertz CT molecular complexity index is 675. The highest BCUT2D eigenvalue weighted by Gasteiger charge is 2.28. The minimum Gasteiger partial charge on any atom is -0.371 e. The van der Waals surface area contributed by atoms with Crippen LogP contribution in [0.3, 0.4) is 0 Å². The van der Waals surface area contributed by atoms with Gasteiger partial charge >= 0.3 is 0 Å². The van der Waals surface area contributed by atoms with Gasteiger partial charge in [0.2, 0.25) is 0 Å². The van der Waals surface area contributed by atoms with Crippen molar-refractivity contribution in [2.24, 2.45) is 0 Å². The van der Waals surface area contributed by atoms with Crippen LogP contribution >= 0.6 is 0 Å². The third-order valence-corrected chi connectivity index (χ3v) is 4.48. The fraction of sp³-hybridized carbons (Fsp3) is 0.421. The maximum atomic E-state index is 12.5. The van der Waals surface area contributed by atoms with Gasteiger partial charge in [0.05, 0.1) is 30.0 Å². The number of rotatable bonds is 5. The molecule has 0 aliphatic heterocycles. The first-order valence-corrected chi connectivity index (χ1v) is 8.47. The van der Waals surface area contributed by atoms with Crippen molar-refractivity contribution >= 4 is 5.91 Å². The van der Waals surface area contributed by atoms with Gasteiger partial charge in [-0.15, -0.1) is 0 Å². The number of ether oxygens (including phenoxy) is 1. The number of carbonyl (C=O) groups is 1. The van der Waals surface area contributed by atoms with Crippen molar-refractivity contribution in [1.29, 1.82) is 0 Å². The molecule has 1 saturated carbocycles. The molecule has 126 valence electrons. The number of hydrogen-bond donors (Lipinski definition) is 1. The van der Waals surface area contributed by atoms with Crippen LogP contribution in [-0.2, 0) is 11.3 Å². The smallest absolute Gasteiger partial charge is 0.255 e. The Hall–Kier alpha value is -2.27. The largest absolute Gasteiger partial charge is 0.371 e. The summed E-state index contributed by atoms with van der Waals surface area (Å²) in [5, 5.41) is 3.12. The number of aryl methyl sites for hydroxylation is 1. The summed E-state index contributed by atoms with van der Waals surface area (Å²) in [7, 11) is 0. The van der Waals surface area contributed by atoms with E-state index in [0.29, 0.717) is 17.9 Å². The Morgan fingerprint density at radius 1 is 1.25 bits per heavy atom. The Morgan fingerprint density at radius 2 is 2.04 bits per heavy atom. The van der Waals surface area contributed by atoms with Gasteiger partial charge in [-0.3, -0.25) is 4.79 Å². The average molecular weight is 325 g/mol. The van der Waals surface area contributed by atoms with E-state index in [0.717, 1.165) is 31.2 Å². The van der Waals surface area contributed by atoms with Crippen molar-refractivity contribution in [3.05, 3.63) is 59.7 Å². The van der Waals surface area contributed by atoms with Gasteiger partial charge in [0.15, 0.2) is 0 Å². The molecule has 1 heterocycles. The zero-order valence-corrected chi connectivity index (χ0v) is 13.9. The van der Waals surface area contributed by atoms with Gasteiger partial charge < -0.3 is 10.1 Å². The monoisotopic (exact) mass is 325 g/mol. The predicted molar refractivity (Wildman–Crippen MR) is 91.5 cm³/mol. The Kier molecular flexibility index (Phi) is 5.54. The van der Waals surface area contributed by atoms with Crippen LogP contribution in [0.25, 0.3) is 0 Å². The second kappa shape index (κ2) is 8.02. The van der Waals surface area contributed by atoms with E-state index in [2.05, 4.69) is 27.4 Å². The van der Waals surface area contributed by atoms with Crippen molar-refractivity contribution < 1.29 is 9.53 Å². The highest BCUT2D eigenvalue weighted by Crippen LogP contribution is 2.23. The zero-order valence-electron chi connectivity index (χ0n) is 13.9. The fourth-order valence-electron chi connectivity index (χ4n) is 3.10. The lowest BCUT2D eigenvalue weighted by Crippen LogP contribution is -2.46. The van der Waals surface area contributed by atoms with Gasteiger partial charge in [0.25, 0.3) is 5.91 Å². The van der Waals surface area contributed by atoms with Crippen LogP contribution in [0.2, 0.25) is 0 Å². The fourth-order valence-corrected chi connectivity index (χ4v) is 3.10. The maximum Gasteiger partial charge on any atom is 0.255 e. The lowest BCUT2D eigenvalue weighted by molar-refractivity contribution is -0.00463. The number of hydrogen-bond acceptors (Lipinski definition) is 4. The zero-order chi connectivity index (χ0) is 16.8. The van der Waals surface area contributed by atoms with Crippen LogP contribution in [0, 0.1) is 6.92 Å². The molecular formula is C19H23N3O2. The van der Waals surface area contributed by atoms with Crippen LogP contribution in [0.5, 0.6) is 0 Å². The molecule has 1 aliphatic rings. The Balaban J connectivity index is 1.62. The molecule has 3 rings (SSSR count). The molecule has 2 aromatic rings. The van der Waals surface area contributed by atoms with Gasteiger partial charge in [0.1, 0.15) is 6.33 Å². The molecule has 1 amide bonds. The van der Waals surface area contributed by atoms with Gasteiger partial charge in [0, 0.05) is 6.20 Å². The molecular weight excluding hydrogens is 302 g/mol. The minimum absolute atomic E-state index is 0.0366. The van der Waals surface area contributed by atoms with Crippen LogP contribution in [-0.4, -0.2) is 28.0 Å². The quantitative estimate of drug-likeness (QED) is 0.918. The number of benzene rings is 1. The second-order valence-electron chi connectivity index (χ2n) is 6.22. The summed E-state index contributed by atoms with van der Waals surface area (Å²) in [6.07, 6.45) is 7.24. The van der Waals surface area contributed by atoms with Gasteiger partial charge in [-0.1, -0.05) is 43.2 Å². The Labute approximate surface area is 142 Å². The highest BCUT2D eigenvalue weighted by atomic mass is 16.5. The first-order valence-electron chi connectivity index (χ1n) is 8.47. The van der Waals surface area contributed by atoms with E-state index >= 15 is 0 Å². The van der Waals surface area contributed by atoms with E-state index in [9.17, 15) is 4.79 Å². The molecule has 0 saturated heterocycles. The van der Waals surface area contributed by atoms with Gasteiger partial charge in [-0.05, 0) is 25.3 Å². The van der Waals surface area contributed by atoms with Crippen molar-refractivity contribution in [3.8, 4) is 0 Å². The molecule has 1 N–H and O–H groups in total. The Morgan fingerprint density at radius 3 is 2.83 bits per heavy atom. The van der Waals surface area contributed by atoms with E-state index < -0.39 is 0 Å². The van der Waals surface area contributed by atoms with Crippen molar-refractivity contribution in [2.45, 2.75) is 51.4 Å². The normalized spacial score (nSPS) is 20.5. The summed E-state index contributed by atoms with van der Waals surface area (Å²) in [6.45, 7) is 2.40. The molecule has 1 aromatic heterocycles. The number of nitrogens with zero attached hydrogens (tertiary/aromatic N) is 2. The number of aromatic nitrogens is 2. The number of nitrogens with one attached hydrogen (secondary N) is 1. The lowest BCUT2D eigenvalue weighted by Gasteiger charge is -2.32. The molecule has 5 heteroatoms. The molecule has 0 bridgehead atoms. The van der Waals surface area contributed by atoms with E-state index in [4.69, 9.17) is 4.74 Å². The van der Waals surface area contributed by atoms with E-state index in [1.165, 1.54) is 6.33 Å². The molecule has 5 nitrogen and oxygen atoms in total.